The summed E-state index contributed by atoms with van der Waals surface area (Å²) in [6.07, 6.45) is -4.84. The fourth-order valence-corrected chi connectivity index (χ4v) is 3.62. The SMILES string of the molecule is ClCCCCl.O=CO[O-].OC[C@@H]1[C@@H](O)[C@H](O)[C@@H](O)CN1CCCCl.OC[C@H]1NC[C@H](O)[C@@H](O)[C@@H]1O.[H-].[K+].[K+]. The molecule has 2 saturated heterocycles. The van der Waals surface area contributed by atoms with Crippen molar-refractivity contribution >= 4 is 41.3 Å². The zero-order chi connectivity index (χ0) is 27.4. The third kappa shape index (κ3) is 20.7. The summed E-state index contributed by atoms with van der Waals surface area (Å²) >= 11 is 16.0. The fourth-order valence-electron chi connectivity index (χ4n) is 3.10. The van der Waals surface area contributed by atoms with Gasteiger partial charge in [-0.15, -0.1) is 34.8 Å². The van der Waals surface area contributed by atoms with Crippen molar-refractivity contribution in [1.82, 2.24) is 10.2 Å². The van der Waals surface area contributed by atoms with E-state index in [1.165, 1.54) is 0 Å². The molecule has 0 aromatic heterocycles. The molecule has 0 unspecified atom stereocenters. The molecule has 2 aliphatic rings. The van der Waals surface area contributed by atoms with Crippen LogP contribution in [0, 0.1) is 0 Å². The van der Waals surface area contributed by atoms with Gasteiger partial charge in [0.2, 0.25) is 0 Å². The molecule has 18 heteroatoms. The van der Waals surface area contributed by atoms with Crippen LogP contribution in [0.15, 0.2) is 0 Å². The van der Waals surface area contributed by atoms with Gasteiger partial charge in [-0.25, -0.2) is 0 Å². The number of hydrogen-bond acceptors (Lipinski definition) is 13. The van der Waals surface area contributed by atoms with Gasteiger partial charge in [-0.1, -0.05) is 0 Å². The van der Waals surface area contributed by atoms with Crippen LogP contribution >= 0.6 is 34.8 Å². The molecule has 8 atom stereocenters. The summed E-state index contributed by atoms with van der Waals surface area (Å²) in [5, 5.41) is 84.7. The fraction of sp³-hybridized carbons (Fsp3) is 0.947. The second kappa shape index (κ2) is 30.6. The second-order valence-electron chi connectivity index (χ2n) is 7.51. The van der Waals surface area contributed by atoms with Crippen LogP contribution in [-0.4, -0.2) is 151 Å². The number of alkyl halides is 3. The quantitative estimate of drug-likeness (QED) is 0.0390. The standard InChI is InChI=1S/C9H18ClNO4.C6H13NO4.C3H6Cl2.CH2O3.2K.H/c10-2-1-3-11-4-7(13)9(15)8(14)6(11)5-12;8-2-3-5(10)6(11)4(9)1-7-3;4-2-1-3-5;2-1-4-3;;;/h6-9,12-15H,1-5H2;3-11H,1-2H2;1-3H2;1,3H;;;/q;;;;2*+1;-1/p-1/t6-,7+,8-,9-;3-,4+,5-,6-;;;;;/m11...../s1. The third-order valence-electron chi connectivity index (χ3n) is 5.04. The van der Waals surface area contributed by atoms with E-state index in [9.17, 15) is 20.4 Å². The Hall–Kier alpha value is 3.17. The van der Waals surface area contributed by atoms with Crippen LogP contribution in [0.25, 0.3) is 0 Å². The molecule has 0 bridgehead atoms. The van der Waals surface area contributed by atoms with E-state index in [1.54, 1.807) is 4.90 Å². The number of aliphatic hydroxyl groups excluding tert-OH is 8. The number of carbonyl (C=O) groups is 1. The predicted molar refractivity (Wildman–Crippen MR) is 127 cm³/mol. The molecule has 0 aromatic carbocycles. The monoisotopic (exact) mass is 654 g/mol. The number of β-amino-alcohol motifs (C(OH)–C–C–N with tert-alkyl or cyclic N) is 2. The van der Waals surface area contributed by atoms with Crippen molar-refractivity contribution in [2.24, 2.45) is 0 Å². The number of nitrogens with one attached hydrogen (secondary N) is 1. The minimum atomic E-state index is -1.19. The summed E-state index contributed by atoms with van der Waals surface area (Å²) in [6, 6.07) is -1.06. The smallest absolute Gasteiger partial charge is 1.00 e. The first-order valence-corrected chi connectivity index (χ1v) is 12.4. The first-order chi connectivity index (χ1) is 16.6. The Morgan fingerprint density at radius 2 is 1.35 bits per heavy atom. The summed E-state index contributed by atoms with van der Waals surface area (Å²) in [5.41, 5.74) is 0. The van der Waals surface area contributed by atoms with Gasteiger partial charge < -0.3 is 57.7 Å². The first kappa shape index (κ1) is 47.1. The van der Waals surface area contributed by atoms with Gasteiger partial charge in [-0.05, 0) is 19.4 Å². The number of likely N-dealkylation sites (tertiary alicyclic amines) is 1. The molecule has 2 rings (SSSR count). The van der Waals surface area contributed by atoms with Crippen LogP contribution in [0.5, 0.6) is 0 Å². The van der Waals surface area contributed by atoms with Gasteiger partial charge in [0.25, 0.3) is 6.47 Å². The number of piperidine rings is 2. The van der Waals surface area contributed by atoms with Gasteiger partial charge in [0.05, 0.1) is 43.6 Å². The number of carbonyl (C=O) groups excluding carboxylic acids is 1. The molecule has 2 aliphatic heterocycles. The van der Waals surface area contributed by atoms with E-state index in [-0.39, 0.29) is 137 Å². The average Bonchev–Trinajstić information content (AvgIpc) is 2.86. The van der Waals surface area contributed by atoms with E-state index in [2.05, 4.69) is 10.2 Å². The minimum absolute atomic E-state index is 0. The van der Waals surface area contributed by atoms with Crippen molar-refractivity contribution in [1.29, 1.82) is 0 Å². The van der Waals surface area contributed by atoms with E-state index >= 15 is 0 Å². The van der Waals surface area contributed by atoms with Crippen LogP contribution in [-0.2, 0) is 9.68 Å². The van der Waals surface area contributed by atoms with Crippen LogP contribution in [0.1, 0.15) is 14.3 Å². The number of halogens is 3. The normalized spacial score (nSPS) is 30.8. The Bertz CT molecular complexity index is 519. The Kier molecular flexibility index (Phi) is 39.0. The van der Waals surface area contributed by atoms with Gasteiger partial charge in [-0.3, -0.25) is 9.69 Å². The van der Waals surface area contributed by atoms with Crippen LogP contribution in [0.4, 0.5) is 0 Å². The maximum Gasteiger partial charge on any atom is 1.00 e. The number of rotatable bonds is 8. The van der Waals surface area contributed by atoms with Gasteiger partial charge in [0.15, 0.2) is 0 Å². The van der Waals surface area contributed by atoms with Gasteiger partial charge in [0, 0.05) is 30.7 Å². The Labute approximate surface area is 318 Å². The van der Waals surface area contributed by atoms with Gasteiger partial charge in [-0.2, -0.15) is 0 Å². The minimum Gasteiger partial charge on any atom is -1.00 e. The molecular formula is C19H39Cl3K2N2O11. The van der Waals surface area contributed by atoms with Gasteiger partial charge >= 0.3 is 103 Å². The van der Waals surface area contributed by atoms with E-state index in [4.69, 9.17) is 65.3 Å². The number of hydrogen-bond donors (Lipinski definition) is 9. The summed E-state index contributed by atoms with van der Waals surface area (Å²) < 4.78 is 0. The molecule has 0 aromatic rings. The number of aliphatic hydroxyl groups is 8. The largest absolute Gasteiger partial charge is 1.00 e. The molecule has 0 radical (unpaired) electrons. The molecule has 0 spiro atoms. The molecule has 0 aliphatic carbocycles. The molecule has 2 fully saturated rings. The van der Waals surface area contributed by atoms with Crippen molar-refractivity contribution in [3.8, 4) is 0 Å². The van der Waals surface area contributed by atoms with E-state index in [0.717, 1.165) is 6.42 Å². The van der Waals surface area contributed by atoms with Crippen LogP contribution < -0.4 is 113 Å². The predicted octanol–water partition coefficient (Wildman–Crippen LogP) is -10.2. The third-order valence-corrected chi connectivity index (χ3v) is 5.85. The van der Waals surface area contributed by atoms with Crippen molar-refractivity contribution in [2.45, 2.75) is 61.5 Å². The Morgan fingerprint density at radius 3 is 1.73 bits per heavy atom. The summed E-state index contributed by atoms with van der Waals surface area (Å²) in [5.74, 6) is 1.86. The zero-order valence-corrected chi connectivity index (χ0v) is 29.7. The van der Waals surface area contributed by atoms with E-state index in [0.29, 0.717) is 30.6 Å². The van der Waals surface area contributed by atoms with Crippen molar-refractivity contribution in [3.63, 3.8) is 0 Å². The summed E-state index contributed by atoms with van der Waals surface area (Å²) in [6.45, 7) is 0.373. The van der Waals surface area contributed by atoms with E-state index < -0.39 is 48.7 Å². The Morgan fingerprint density at radius 1 is 0.865 bits per heavy atom. The van der Waals surface area contributed by atoms with Crippen LogP contribution in [0.2, 0.25) is 0 Å². The topological polar surface area (TPSA) is 226 Å². The Balaban J connectivity index is -0.000000140. The number of nitrogens with zero attached hydrogens (tertiary/aromatic N) is 1. The summed E-state index contributed by atoms with van der Waals surface area (Å²) in [4.78, 5) is 13.0. The molecule has 0 amide bonds. The molecule has 37 heavy (non-hydrogen) atoms. The maximum absolute atomic E-state index is 9.63. The van der Waals surface area contributed by atoms with E-state index in [1.807, 2.05) is 0 Å². The molecule has 214 valence electrons. The molecule has 9 N–H and O–H groups in total. The molecule has 13 nitrogen and oxygen atoms in total. The first-order valence-electron chi connectivity index (χ1n) is 10.8. The summed E-state index contributed by atoms with van der Waals surface area (Å²) in [7, 11) is 0. The van der Waals surface area contributed by atoms with Crippen LogP contribution in [0.3, 0.4) is 0 Å². The van der Waals surface area contributed by atoms with Crippen molar-refractivity contribution < 1.29 is 160 Å². The molecule has 2 heterocycles. The molecule has 0 saturated carbocycles. The molecular weight excluding hydrogens is 617 g/mol. The maximum atomic E-state index is 9.63. The average molecular weight is 656 g/mol. The zero-order valence-electron chi connectivity index (χ0n) is 22.2. The van der Waals surface area contributed by atoms with Gasteiger partial charge in [0.1, 0.15) is 18.3 Å². The van der Waals surface area contributed by atoms with Crippen molar-refractivity contribution in [2.75, 3.05) is 50.5 Å². The second-order valence-corrected chi connectivity index (χ2v) is 8.64. The van der Waals surface area contributed by atoms with Crippen molar-refractivity contribution in [3.05, 3.63) is 0 Å².